The molecule has 1 aromatic rings. The predicted octanol–water partition coefficient (Wildman–Crippen LogP) is 2.68. The fraction of sp³-hybridized carbons (Fsp3) is 0.333. The first-order valence-corrected chi connectivity index (χ1v) is 4.48. The van der Waals surface area contributed by atoms with E-state index in [-0.39, 0.29) is 12.4 Å². The lowest BCUT2D eigenvalue weighted by Gasteiger charge is -2.01. The van der Waals surface area contributed by atoms with E-state index in [1.165, 1.54) is 15.6 Å². The van der Waals surface area contributed by atoms with Crippen molar-refractivity contribution >= 4 is 28.3 Å². The van der Waals surface area contributed by atoms with Crippen molar-refractivity contribution in [3.63, 3.8) is 0 Å². The third-order valence-corrected chi connectivity index (χ3v) is 2.52. The minimum atomic E-state index is 0. The number of hydrogen-bond donors (Lipinski definition) is 1. The summed E-state index contributed by atoms with van der Waals surface area (Å²) in [6.45, 7) is 2.80. The molecule has 0 amide bonds. The zero-order valence-corrected chi connectivity index (χ0v) is 9.41. The molecule has 0 spiro atoms. The van der Waals surface area contributed by atoms with Crippen LogP contribution in [-0.2, 0) is 6.42 Å². The molecule has 0 aromatic heterocycles. The van der Waals surface area contributed by atoms with E-state index in [9.17, 15) is 0 Å². The Morgan fingerprint density at radius 3 is 2.58 bits per heavy atom. The van der Waals surface area contributed by atoms with E-state index in [1.54, 1.807) is 0 Å². The van der Waals surface area contributed by atoms with Crippen molar-refractivity contribution in [3.8, 4) is 0 Å². The van der Waals surface area contributed by atoms with Crippen LogP contribution in [0.25, 0.3) is 0 Å². The summed E-state index contributed by atoms with van der Waals surface area (Å²) in [5.74, 6) is 0. The van der Waals surface area contributed by atoms with Gasteiger partial charge in [0.15, 0.2) is 0 Å². The molecule has 68 valence electrons. The third-order valence-electron chi connectivity index (χ3n) is 1.67. The topological polar surface area (TPSA) is 26.0 Å². The standard InChI is InChI=1S/C9H12BrN.ClH/c1-7-2-3-8(4-5-11)6-9(7)10;/h2-3,6H,4-5,11H2,1H3;1H. The van der Waals surface area contributed by atoms with E-state index in [0.717, 1.165) is 13.0 Å². The van der Waals surface area contributed by atoms with Crippen LogP contribution < -0.4 is 5.73 Å². The van der Waals surface area contributed by atoms with E-state index in [2.05, 4.69) is 41.1 Å². The van der Waals surface area contributed by atoms with Gasteiger partial charge in [-0.15, -0.1) is 12.4 Å². The van der Waals surface area contributed by atoms with E-state index in [0.29, 0.717) is 0 Å². The zero-order valence-electron chi connectivity index (χ0n) is 7.01. The maximum absolute atomic E-state index is 5.43. The zero-order chi connectivity index (χ0) is 8.27. The molecule has 1 rings (SSSR count). The van der Waals surface area contributed by atoms with Crippen molar-refractivity contribution in [2.75, 3.05) is 6.54 Å². The molecule has 0 aliphatic carbocycles. The van der Waals surface area contributed by atoms with Gasteiger partial charge in [0.05, 0.1) is 0 Å². The van der Waals surface area contributed by atoms with Crippen LogP contribution in [0.15, 0.2) is 22.7 Å². The molecule has 12 heavy (non-hydrogen) atoms. The molecular weight excluding hydrogens is 237 g/mol. The third kappa shape index (κ3) is 3.13. The first kappa shape index (κ1) is 11.9. The van der Waals surface area contributed by atoms with Crippen molar-refractivity contribution in [2.24, 2.45) is 5.73 Å². The van der Waals surface area contributed by atoms with Gasteiger partial charge in [-0.05, 0) is 37.1 Å². The van der Waals surface area contributed by atoms with Crippen LogP contribution in [0.1, 0.15) is 11.1 Å². The van der Waals surface area contributed by atoms with Gasteiger partial charge in [-0.1, -0.05) is 28.1 Å². The number of halogens is 2. The van der Waals surface area contributed by atoms with Gasteiger partial charge in [-0.3, -0.25) is 0 Å². The molecule has 0 atom stereocenters. The SMILES string of the molecule is Cc1ccc(CCN)cc1Br.Cl. The Hall–Kier alpha value is -0.0500. The van der Waals surface area contributed by atoms with Crippen LogP contribution in [0.4, 0.5) is 0 Å². The molecule has 2 N–H and O–H groups in total. The van der Waals surface area contributed by atoms with Gasteiger partial charge in [0.1, 0.15) is 0 Å². The number of aryl methyl sites for hydroxylation is 1. The first-order valence-electron chi connectivity index (χ1n) is 3.69. The van der Waals surface area contributed by atoms with Crippen molar-refractivity contribution in [1.82, 2.24) is 0 Å². The summed E-state index contributed by atoms with van der Waals surface area (Å²) < 4.78 is 1.17. The molecule has 0 aliphatic heterocycles. The van der Waals surface area contributed by atoms with Crippen LogP contribution in [0.2, 0.25) is 0 Å². The van der Waals surface area contributed by atoms with E-state index >= 15 is 0 Å². The van der Waals surface area contributed by atoms with Gasteiger partial charge in [0, 0.05) is 4.47 Å². The fourth-order valence-electron chi connectivity index (χ4n) is 0.959. The van der Waals surface area contributed by atoms with E-state index in [4.69, 9.17) is 5.73 Å². The highest BCUT2D eigenvalue weighted by atomic mass is 79.9. The van der Waals surface area contributed by atoms with Gasteiger partial charge >= 0.3 is 0 Å². The van der Waals surface area contributed by atoms with Crippen LogP contribution in [0.5, 0.6) is 0 Å². The number of hydrogen-bond acceptors (Lipinski definition) is 1. The molecule has 1 aromatic carbocycles. The summed E-state index contributed by atoms with van der Waals surface area (Å²) in [7, 11) is 0. The van der Waals surface area contributed by atoms with Gasteiger partial charge in [-0.2, -0.15) is 0 Å². The second-order valence-corrected chi connectivity index (χ2v) is 3.48. The Balaban J connectivity index is 0.00000121. The molecule has 0 aliphatic rings. The average molecular weight is 251 g/mol. The highest BCUT2D eigenvalue weighted by Gasteiger charge is 1.95. The van der Waals surface area contributed by atoms with Crippen molar-refractivity contribution in [1.29, 1.82) is 0 Å². The van der Waals surface area contributed by atoms with Crippen molar-refractivity contribution < 1.29 is 0 Å². The monoisotopic (exact) mass is 249 g/mol. The van der Waals surface area contributed by atoms with E-state index in [1.807, 2.05) is 0 Å². The molecule has 1 nitrogen and oxygen atoms in total. The fourth-order valence-corrected chi connectivity index (χ4v) is 1.38. The van der Waals surface area contributed by atoms with Crippen LogP contribution in [0.3, 0.4) is 0 Å². The minimum Gasteiger partial charge on any atom is -0.330 e. The molecule has 0 bridgehead atoms. The minimum absolute atomic E-state index is 0. The molecule has 0 saturated heterocycles. The number of nitrogens with two attached hydrogens (primary N) is 1. The Kier molecular flexibility index (Phi) is 5.55. The quantitative estimate of drug-likeness (QED) is 0.858. The summed E-state index contributed by atoms with van der Waals surface area (Å²) in [6, 6.07) is 6.35. The smallest absolute Gasteiger partial charge is 0.0207 e. The van der Waals surface area contributed by atoms with E-state index < -0.39 is 0 Å². The maximum Gasteiger partial charge on any atom is 0.0207 e. The molecule has 0 heterocycles. The summed E-state index contributed by atoms with van der Waals surface area (Å²) >= 11 is 3.48. The predicted molar refractivity (Wildman–Crippen MR) is 58.9 cm³/mol. The molecule has 0 saturated carbocycles. The number of rotatable bonds is 2. The summed E-state index contributed by atoms with van der Waals surface area (Å²) in [4.78, 5) is 0. The lowest BCUT2D eigenvalue weighted by atomic mass is 10.1. The maximum atomic E-state index is 5.43. The van der Waals surface area contributed by atoms with Crippen LogP contribution >= 0.6 is 28.3 Å². The normalized spacial score (nSPS) is 9.25. The van der Waals surface area contributed by atoms with Gasteiger partial charge in [0.25, 0.3) is 0 Å². The molecular formula is C9H13BrClN. The number of benzene rings is 1. The Bertz CT molecular complexity index is 250. The second-order valence-electron chi connectivity index (χ2n) is 2.62. The average Bonchev–Trinajstić information content (AvgIpc) is 1.98. The summed E-state index contributed by atoms with van der Waals surface area (Å²) in [5.41, 5.74) is 8.00. The second kappa shape index (κ2) is 5.57. The lowest BCUT2D eigenvalue weighted by Crippen LogP contribution is -2.02. The largest absolute Gasteiger partial charge is 0.330 e. The highest BCUT2D eigenvalue weighted by Crippen LogP contribution is 2.17. The van der Waals surface area contributed by atoms with Crippen LogP contribution in [0, 0.1) is 6.92 Å². The first-order chi connectivity index (χ1) is 5.24. The molecule has 0 radical (unpaired) electrons. The summed E-state index contributed by atoms with van der Waals surface area (Å²) in [5, 5.41) is 0. The van der Waals surface area contributed by atoms with Crippen molar-refractivity contribution in [3.05, 3.63) is 33.8 Å². The highest BCUT2D eigenvalue weighted by molar-refractivity contribution is 9.10. The lowest BCUT2D eigenvalue weighted by molar-refractivity contribution is 0.966. The van der Waals surface area contributed by atoms with Crippen molar-refractivity contribution in [2.45, 2.75) is 13.3 Å². The van der Waals surface area contributed by atoms with Gasteiger partial charge in [0.2, 0.25) is 0 Å². The summed E-state index contributed by atoms with van der Waals surface area (Å²) in [6.07, 6.45) is 0.957. The van der Waals surface area contributed by atoms with Crippen LogP contribution in [-0.4, -0.2) is 6.54 Å². The van der Waals surface area contributed by atoms with Gasteiger partial charge < -0.3 is 5.73 Å². The Labute approximate surface area is 87.9 Å². The van der Waals surface area contributed by atoms with Gasteiger partial charge in [-0.25, -0.2) is 0 Å². The molecule has 0 unspecified atom stereocenters. The molecule has 3 heteroatoms. The Morgan fingerprint density at radius 1 is 1.42 bits per heavy atom. The Morgan fingerprint density at radius 2 is 2.08 bits per heavy atom. The molecule has 0 fully saturated rings.